The molecule has 1 saturated heterocycles. The molecule has 1 aliphatic heterocycles. The highest BCUT2D eigenvalue weighted by Crippen LogP contribution is 2.38. The van der Waals surface area contributed by atoms with Crippen LogP contribution in [0, 0.1) is 5.92 Å². The summed E-state index contributed by atoms with van der Waals surface area (Å²) in [6.07, 6.45) is -7.73. The summed E-state index contributed by atoms with van der Waals surface area (Å²) in [4.78, 5) is 13.2. The van der Waals surface area contributed by atoms with Crippen LogP contribution in [-0.2, 0) is 6.18 Å². The molecular weight excluding hydrogens is 339 g/mol. The summed E-state index contributed by atoms with van der Waals surface area (Å²) < 4.78 is 67.7. The number of anilines is 1. The van der Waals surface area contributed by atoms with Gasteiger partial charge in [0.1, 0.15) is 12.4 Å². The number of benzene rings is 1. The number of halogens is 5. The number of hydrogen-bond acceptors (Lipinski definition) is 3. The minimum atomic E-state index is -4.82. The largest absolute Gasteiger partial charge is 0.487 e. The van der Waals surface area contributed by atoms with Gasteiger partial charge in [0, 0.05) is 31.3 Å². The standard InChI is InChI=1S/C14H15F5N2O3/c15-12(16)7-24-11-2-1-9(3-10(11)14(17,18)19)20-13(23)21-4-8(5-21)6-22/h1-3,8,12,22H,4-7H2,(H,20,23). The van der Waals surface area contributed by atoms with Crippen molar-refractivity contribution >= 4 is 11.7 Å². The second kappa shape index (κ2) is 7.20. The Hall–Kier alpha value is -2.10. The van der Waals surface area contributed by atoms with Crippen LogP contribution in [0.1, 0.15) is 5.56 Å². The van der Waals surface area contributed by atoms with Crippen molar-refractivity contribution < 1.29 is 36.6 Å². The third-order valence-electron chi connectivity index (χ3n) is 3.40. The summed E-state index contributed by atoms with van der Waals surface area (Å²) in [7, 11) is 0. The van der Waals surface area contributed by atoms with Crippen LogP contribution in [0.3, 0.4) is 0 Å². The minimum Gasteiger partial charge on any atom is -0.487 e. The van der Waals surface area contributed by atoms with Crippen LogP contribution in [0.2, 0.25) is 0 Å². The second-order valence-electron chi connectivity index (χ2n) is 5.29. The van der Waals surface area contributed by atoms with Crippen molar-refractivity contribution in [3.05, 3.63) is 23.8 Å². The Morgan fingerprint density at radius 3 is 2.58 bits per heavy atom. The third-order valence-corrected chi connectivity index (χ3v) is 3.40. The Morgan fingerprint density at radius 2 is 2.04 bits per heavy atom. The average molecular weight is 354 g/mol. The summed E-state index contributed by atoms with van der Waals surface area (Å²) >= 11 is 0. The van der Waals surface area contributed by atoms with Gasteiger partial charge in [-0.2, -0.15) is 13.2 Å². The van der Waals surface area contributed by atoms with E-state index >= 15 is 0 Å². The van der Waals surface area contributed by atoms with Gasteiger partial charge in [-0.1, -0.05) is 0 Å². The Bertz CT molecular complexity index is 588. The maximum absolute atomic E-state index is 13.0. The van der Waals surface area contributed by atoms with Crippen LogP contribution >= 0.6 is 0 Å². The lowest BCUT2D eigenvalue weighted by Gasteiger charge is -2.38. The van der Waals surface area contributed by atoms with Gasteiger partial charge in [-0.25, -0.2) is 13.6 Å². The van der Waals surface area contributed by atoms with E-state index in [0.29, 0.717) is 19.2 Å². The van der Waals surface area contributed by atoms with Gasteiger partial charge in [0.2, 0.25) is 0 Å². The van der Waals surface area contributed by atoms with Crippen molar-refractivity contribution in [2.75, 3.05) is 31.6 Å². The first-order valence-corrected chi connectivity index (χ1v) is 6.99. The average Bonchev–Trinajstić information content (AvgIpc) is 2.43. The molecule has 5 nitrogen and oxygen atoms in total. The summed E-state index contributed by atoms with van der Waals surface area (Å²) in [5.74, 6) is -0.767. The van der Waals surface area contributed by atoms with Crippen LogP contribution in [-0.4, -0.2) is 48.8 Å². The molecule has 0 radical (unpaired) electrons. The Kier molecular flexibility index (Phi) is 5.47. The van der Waals surface area contributed by atoms with E-state index in [9.17, 15) is 26.7 Å². The molecule has 0 spiro atoms. The molecular formula is C14H15F5N2O3. The fourth-order valence-corrected chi connectivity index (χ4v) is 2.16. The zero-order valence-electron chi connectivity index (χ0n) is 12.3. The molecule has 2 rings (SSSR count). The first kappa shape index (κ1) is 18.2. The molecule has 2 amide bonds. The van der Waals surface area contributed by atoms with E-state index in [0.717, 1.165) is 12.1 Å². The molecule has 24 heavy (non-hydrogen) atoms. The molecule has 1 heterocycles. The number of nitrogens with one attached hydrogen (secondary N) is 1. The van der Waals surface area contributed by atoms with E-state index in [1.807, 2.05) is 0 Å². The fraction of sp³-hybridized carbons (Fsp3) is 0.500. The van der Waals surface area contributed by atoms with Crippen LogP contribution in [0.15, 0.2) is 18.2 Å². The fourth-order valence-electron chi connectivity index (χ4n) is 2.16. The van der Waals surface area contributed by atoms with Gasteiger partial charge in [-0.15, -0.1) is 0 Å². The lowest BCUT2D eigenvalue weighted by Crippen LogP contribution is -2.52. The highest BCUT2D eigenvalue weighted by atomic mass is 19.4. The number of ether oxygens (including phenoxy) is 1. The van der Waals surface area contributed by atoms with Crippen LogP contribution < -0.4 is 10.1 Å². The smallest absolute Gasteiger partial charge is 0.420 e. The lowest BCUT2D eigenvalue weighted by atomic mass is 10.0. The number of aliphatic hydroxyl groups is 1. The zero-order chi connectivity index (χ0) is 17.9. The maximum Gasteiger partial charge on any atom is 0.420 e. The van der Waals surface area contributed by atoms with Crippen molar-refractivity contribution in [2.45, 2.75) is 12.6 Å². The lowest BCUT2D eigenvalue weighted by molar-refractivity contribution is -0.139. The van der Waals surface area contributed by atoms with Crippen molar-refractivity contribution in [3.63, 3.8) is 0 Å². The second-order valence-corrected chi connectivity index (χ2v) is 5.29. The van der Waals surface area contributed by atoms with Gasteiger partial charge in [0.05, 0.1) is 5.56 Å². The maximum atomic E-state index is 13.0. The van der Waals surface area contributed by atoms with E-state index in [-0.39, 0.29) is 18.2 Å². The van der Waals surface area contributed by atoms with Gasteiger partial charge in [-0.3, -0.25) is 0 Å². The normalized spacial score (nSPS) is 15.4. The molecule has 1 aliphatic rings. The topological polar surface area (TPSA) is 61.8 Å². The van der Waals surface area contributed by atoms with E-state index in [1.165, 1.54) is 4.90 Å². The number of amides is 2. The molecule has 0 saturated carbocycles. The van der Waals surface area contributed by atoms with Crippen LogP contribution in [0.4, 0.5) is 32.4 Å². The summed E-state index contributed by atoms with van der Waals surface area (Å²) in [6, 6.07) is 2.04. The number of carbonyl (C=O) groups is 1. The van der Waals surface area contributed by atoms with Gasteiger partial charge >= 0.3 is 12.2 Å². The van der Waals surface area contributed by atoms with Crippen LogP contribution in [0.5, 0.6) is 5.75 Å². The Labute approximate surface area is 134 Å². The van der Waals surface area contributed by atoms with Crippen molar-refractivity contribution in [1.82, 2.24) is 4.90 Å². The predicted octanol–water partition coefficient (Wildman–Crippen LogP) is 2.81. The summed E-state index contributed by atoms with van der Waals surface area (Å²) in [5.41, 5.74) is -1.39. The van der Waals surface area contributed by atoms with Crippen molar-refractivity contribution in [2.24, 2.45) is 5.92 Å². The van der Waals surface area contributed by atoms with E-state index in [2.05, 4.69) is 10.1 Å². The number of carbonyl (C=O) groups excluding carboxylic acids is 1. The first-order chi connectivity index (χ1) is 11.2. The van der Waals surface area contributed by atoms with Gasteiger partial charge in [-0.05, 0) is 18.2 Å². The monoisotopic (exact) mass is 354 g/mol. The van der Waals surface area contributed by atoms with Gasteiger partial charge < -0.3 is 20.1 Å². The molecule has 1 aromatic rings. The highest BCUT2D eigenvalue weighted by Gasteiger charge is 2.35. The molecule has 1 fully saturated rings. The van der Waals surface area contributed by atoms with E-state index < -0.39 is 36.6 Å². The molecule has 0 aliphatic carbocycles. The predicted molar refractivity (Wildman–Crippen MR) is 74.1 cm³/mol. The molecule has 10 heteroatoms. The third kappa shape index (κ3) is 4.47. The molecule has 1 aromatic carbocycles. The zero-order valence-corrected chi connectivity index (χ0v) is 12.3. The van der Waals surface area contributed by atoms with Crippen molar-refractivity contribution in [3.8, 4) is 5.75 Å². The molecule has 0 aromatic heterocycles. The minimum absolute atomic E-state index is 0.0355. The van der Waals surface area contributed by atoms with Gasteiger partial charge in [0.25, 0.3) is 6.43 Å². The summed E-state index contributed by atoms with van der Waals surface area (Å²) in [5, 5.41) is 11.2. The number of alkyl halides is 5. The summed E-state index contributed by atoms with van der Waals surface area (Å²) in [6.45, 7) is -0.614. The number of rotatable bonds is 5. The molecule has 134 valence electrons. The Morgan fingerprint density at radius 1 is 1.38 bits per heavy atom. The van der Waals surface area contributed by atoms with Crippen LogP contribution in [0.25, 0.3) is 0 Å². The Balaban J connectivity index is 2.10. The number of nitrogens with zero attached hydrogens (tertiary/aromatic N) is 1. The first-order valence-electron chi connectivity index (χ1n) is 6.99. The molecule has 0 unspecified atom stereocenters. The van der Waals surface area contributed by atoms with E-state index in [4.69, 9.17) is 5.11 Å². The number of urea groups is 1. The van der Waals surface area contributed by atoms with Crippen molar-refractivity contribution in [1.29, 1.82) is 0 Å². The number of hydrogen-bond donors (Lipinski definition) is 2. The molecule has 0 atom stereocenters. The highest BCUT2D eigenvalue weighted by molar-refractivity contribution is 5.90. The quantitative estimate of drug-likeness (QED) is 0.800. The van der Waals surface area contributed by atoms with E-state index in [1.54, 1.807) is 0 Å². The number of likely N-dealkylation sites (tertiary alicyclic amines) is 1. The molecule has 2 N–H and O–H groups in total. The number of aliphatic hydroxyl groups excluding tert-OH is 1. The SMILES string of the molecule is O=C(Nc1ccc(OCC(F)F)c(C(F)(F)F)c1)N1CC(CO)C1. The van der Waals surface area contributed by atoms with Gasteiger partial charge in [0.15, 0.2) is 0 Å². The molecule has 0 bridgehead atoms.